The summed E-state index contributed by atoms with van der Waals surface area (Å²) < 4.78 is 0.776. The van der Waals surface area contributed by atoms with Crippen molar-refractivity contribution in [1.82, 2.24) is 4.90 Å². The molecule has 0 N–H and O–H groups in total. The molecule has 3 nitrogen and oxygen atoms in total. The molecule has 19 heavy (non-hydrogen) atoms. The second-order valence-corrected chi connectivity index (χ2v) is 5.67. The van der Waals surface area contributed by atoms with Crippen LogP contribution in [0.3, 0.4) is 0 Å². The molecule has 0 unspecified atom stereocenters. The van der Waals surface area contributed by atoms with Crippen molar-refractivity contribution in [2.75, 3.05) is 6.54 Å². The first-order valence-electron chi connectivity index (χ1n) is 5.65. The number of nitriles is 1. The molecule has 1 aromatic carbocycles. The van der Waals surface area contributed by atoms with Crippen molar-refractivity contribution in [3.63, 3.8) is 0 Å². The van der Waals surface area contributed by atoms with Crippen LogP contribution in [-0.2, 0) is 6.54 Å². The van der Waals surface area contributed by atoms with Crippen molar-refractivity contribution in [3.05, 3.63) is 56.7 Å². The van der Waals surface area contributed by atoms with E-state index >= 15 is 0 Å². The molecule has 0 atom stereocenters. The largest absolute Gasteiger partial charge is 0.320 e. The van der Waals surface area contributed by atoms with Gasteiger partial charge in [-0.05, 0) is 32.9 Å². The smallest absolute Gasteiger partial charge is 0.266 e. The van der Waals surface area contributed by atoms with Gasteiger partial charge in [0.05, 0.1) is 6.07 Å². The molecule has 2 rings (SSSR count). The highest BCUT2D eigenvalue weighted by atomic mass is 79.9. The summed E-state index contributed by atoms with van der Waals surface area (Å²) >= 11 is 4.73. The Morgan fingerprint density at radius 2 is 2.05 bits per heavy atom. The van der Waals surface area contributed by atoms with E-state index in [-0.39, 0.29) is 12.5 Å². The van der Waals surface area contributed by atoms with Crippen molar-refractivity contribution in [1.29, 1.82) is 5.26 Å². The zero-order chi connectivity index (χ0) is 13.7. The number of benzene rings is 1. The Labute approximate surface area is 124 Å². The van der Waals surface area contributed by atoms with Gasteiger partial charge in [0.2, 0.25) is 0 Å². The van der Waals surface area contributed by atoms with Gasteiger partial charge in [-0.3, -0.25) is 4.79 Å². The number of nitrogens with zero attached hydrogens (tertiary/aromatic N) is 2. The Balaban J connectivity index is 2.19. The van der Waals surface area contributed by atoms with Crippen LogP contribution >= 0.6 is 27.3 Å². The maximum absolute atomic E-state index is 12.4. The molecule has 0 spiro atoms. The minimum absolute atomic E-state index is 0.0814. The van der Waals surface area contributed by atoms with Gasteiger partial charge in [0.15, 0.2) is 0 Å². The fourth-order valence-electron chi connectivity index (χ4n) is 1.68. The maximum Gasteiger partial charge on any atom is 0.266 e. The maximum atomic E-state index is 12.4. The highest BCUT2D eigenvalue weighted by Gasteiger charge is 2.19. The van der Waals surface area contributed by atoms with E-state index in [9.17, 15) is 4.79 Å². The quantitative estimate of drug-likeness (QED) is 0.800. The minimum Gasteiger partial charge on any atom is -0.320 e. The third-order valence-corrected chi connectivity index (χ3v) is 4.40. The Kier molecular flexibility index (Phi) is 4.72. The lowest BCUT2D eigenvalue weighted by atomic mass is 10.2. The Bertz CT molecular complexity index is 603. The van der Waals surface area contributed by atoms with Gasteiger partial charge in [-0.15, -0.1) is 11.3 Å². The third kappa shape index (κ3) is 3.43. The summed E-state index contributed by atoms with van der Waals surface area (Å²) in [4.78, 5) is 14.6. The Hall–Kier alpha value is -1.64. The molecule has 0 aliphatic heterocycles. The molecule has 0 aliphatic carbocycles. The van der Waals surface area contributed by atoms with Gasteiger partial charge in [0, 0.05) is 11.0 Å². The molecule has 1 aromatic heterocycles. The van der Waals surface area contributed by atoms with E-state index in [4.69, 9.17) is 5.26 Å². The molecule has 96 valence electrons. The van der Waals surface area contributed by atoms with Crippen LogP contribution < -0.4 is 0 Å². The first kappa shape index (κ1) is 13.8. The van der Waals surface area contributed by atoms with Crippen LogP contribution in [0.15, 0.2) is 46.3 Å². The second kappa shape index (κ2) is 6.50. The second-order valence-electron chi connectivity index (χ2n) is 3.90. The average molecular weight is 335 g/mol. The third-order valence-electron chi connectivity index (χ3n) is 2.58. The fourth-order valence-corrected chi connectivity index (χ4v) is 3.19. The predicted molar refractivity (Wildman–Crippen MR) is 78.8 cm³/mol. The van der Waals surface area contributed by atoms with Crippen LogP contribution in [0.4, 0.5) is 0 Å². The molecule has 0 bridgehead atoms. The van der Waals surface area contributed by atoms with Crippen LogP contribution in [0.2, 0.25) is 0 Å². The summed E-state index contributed by atoms with van der Waals surface area (Å²) in [6.45, 7) is 0.523. The van der Waals surface area contributed by atoms with Gasteiger partial charge in [-0.1, -0.05) is 30.3 Å². The zero-order valence-corrected chi connectivity index (χ0v) is 12.4. The summed E-state index contributed by atoms with van der Waals surface area (Å²) in [5, 5.41) is 10.7. The minimum atomic E-state index is -0.118. The lowest BCUT2D eigenvalue weighted by Gasteiger charge is -2.19. The molecule has 0 radical (unpaired) electrons. The fraction of sp³-hybridized carbons (Fsp3) is 0.143. The highest BCUT2D eigenvalue weighted by Crippen LogP contribution is 2.24. The van der Waals surface area contributed by atoms with Crippen LogP contribution in [0, 0.1) is 11.3 Å². The van der Waals surface area contributed by atoms with E-state index in [0.29, 0.717) is 11.4 Å². The van der Waals surface area contributed by atoms with E-state index in [1.165, 1.54) is 11.3 Å². The molecule has 2 aromatic rings. The van der Waals surface area contributed by atoms with E-state index in [1.54, 1.807) is 4.90 Å². The molecule has 5 heteroatoms. The van der Waals surface area contributed by atoms with E-state index in [1.807, 2.05) is 47.8 Å². The normalized spacial score (nSPS) is 9.89. The van der Waals surface area contributed by atoms with Gasteiger partial charge in [0.1, 0.15) is 11.4 Å². The number of halogens is 1. The molecule has 0 fully saturated rings. The number of rotatable bonds is 4. The van der Waals surface area contributed by atoms with Gasteiger partial charge >= 0.3 is 0 Å². The van der Waals surface area contributed by atoms with Crippen molar-refractivity contribution in [3.8, 4) is 6.07 Å². The van der Waals surface area contributed by atoms with E-state index in [0.717, 1.165) is 10.0 Å². The zero-order valence-electron chi connectivity index (χ0n) is 10.0. The van der Waals surface area contributed by atoms with Crippen molar-refractivity contribution in [2.24, 2.45) is 0 Å². The van der Waals surface area contributed by atoms with Gasteiger partial charge in [0.25, 0.3) is 5.91 Å². The van der Waals surface area contributed by atoms with E-state index < -0.39 is 0 Å². The van der Waals surface area contributed by atoms with E-state index in [2.05, 4.69) is 15.9 Å². The SMILES string of the molecule is N#CCN(Cc1ccccc1)C(=O)c1sccc1Br. The van der Waals surface area contributed by atoms with Crippen molar-refractivity contribution in [2.45, 2.75) is 6.54 Å². The van der Waals surface area contributed by atoms with Crippen LogP contribution in [0.1, 0.15) is 15.2 Å². The van der Waals surface area contributed by atoms with Gasteiger partial charge in [-0.25, -0.2) is 0 Å². The molecule has 1 amide bonds. The molecule has 1 heterocycles. The standard InChI is InChI=1S/C14H11BrN2OS/c15-12-6-9-19-13(12)14(18)17(8-7-16)10-11-4-2-1-3-5-11/h1-6,9H,8,10H2. The average Bonchev–Trinajstić information content (AvgIpc) is 2.85. The van der Waals surface area contributed by atoms with Gasteiger partial charge in [-0.2, -0.15) is 5.26 Å². The monoisotopic (exact) mass is 334 g/mol. The van der Waals surface area contributed by atoms with Crippen LogP contribution in [-0.4, -0.2) is 17.4 Å². The molecule has 0 aliphatic rings. The highest BCUT2D eigenvalue weighted by molar-refractivity contribution is 9.10. The number of carbonyl (C=O) groups is 1. The molecule has 0 saturated heterocycles. The Morgan fingerprint density at radius 3 is 2.63 bits per heavy atom. The Morgan fingerprint density at radius 1 is 1.32 bits per heavy atom. The lowest BCUT2D eigenvalue weighted by molar-refractivity contribution is 0.0769. The molecular weight excluding hydrogens is 324 g/mol. The number of thiophene rings is 1. The van der Waals surface area contributed by atoms with Crippen molar-refractivity contribution < 1.29 is 4.79 Å². The summed E-state index contributed by atoms with van der Waals surface area (Å²) in [5.41, 5.74) is 1.01. The van der Waals surface area contributed by atoms with Crippen LogP contribution in [0.5, 0.6) is 0 Å². The number of hydrogen-bond donors (Lipinski definition) is 0. The summed E-state index contributed by atoms with van der Waals surface area (Å²) in [6.07, 6.45) is 0. The number of amides is 1. The topological polar surface area (TPSA) is 44.1 Å². The summed E-state index contributed by atoms with van der Waals surface area (Å²) in [6, 6.07) is 13.5. The van der Waals surface area contributed by atoms with Gasteiger partial charge < -0.3 is 4.90 Å². The lowest BCUT2D eigenvalue weighted by Crippen LogP contribution is -2.30. The first-order chi connectivity index (χ1) is 9.22. The van der Waals surface area contributed by atoms with Crippen molar-refractivity contribution >= 4 is 33.2 Å². The molecular formula is C14H11BrN2OS. The molecule has 0 saturated carbocycles. The van der Waals surface area contributed by atoms with Crippen LogP contribution in [0.25, 0.3) is 0 Å². The first-order valence-corrected chi connectivity index (χ1v) is 7.33. The predicted octanol–water partition coefficient (Wildman–Crippen LogP) is 3.68. The summed E-state index contributed by atoms with van der Waals surface area (Å²) in [5.74, 6) is -0.118. The number of hydrogen-bond acceptors (Lipinski definition) is 3. The number of carbonyl (C=O) groups excluding carboxylic acids is 1. The summed E-state index contributed by atoms with van der Waals surface area (Å²) in [7, 11) is 0.